The molecule has 7 nitrogen and oxygen atoms in total. The molecule has 2 heterocycles. The van der Waals surface area contributed by atoms with Gasteiger partial charge in [0.15, 0.2) is 16.1 Å². The van der Waals surface area contributed by atoms with Crippen molar-refractivity contribution in [3.05, 3.63) is 139 Å². The molecule has 0 amide bonds. The first kappa shape index (κ1) is 29.6. The fourth-order valence-electron chi connectivity index (χ4n) is 5.14. The zero-order valence-corrected chi connectivity index (χ0v) is 26.5. The van der Waals surface area contributed by atoms with Crippen LogP contribution in [0.25, 0.3) is 21.8 Å². The molecule has 6 aromatic rings. The van der Waals surface area contributed by atoms with Gasteiger partial charge in [-0.25, -0.2) is 9.97 Å². The molecule has 0 radical (unpaired) electrons. The number of carbonyl (C=O) groups is 1. The van der Waals surface area contributed by atoms with Gasteiger partial charge in [-0.1, -0.05) is 96.3 Å². The third-order valence-corrected chi connectivity index (χ3v) is 9.91. The summed E-state index contributed by atoms with van der Waals surface area (Å²) in [6.45, 7) is 3.84. The second-order valence-electron chi connectivity index (χ2n) is 10.8. The highest BCUT2D eigenvalue weighted by Crippen LogP contribution is 2.25. The van der Waals surface area contributed by atoms with Crippen LogP contribution in [0.15, 0.2) is 105 Å². The molecule has 6 rings (SSSR count). The van der Waals surface area contributed by atoms with E-state index in [2.05, 4.69) is 0 Å². The molecular weight excluding hydrogens is 589 g/mol. The van der Waals surface area contributed by atoms with Crippen LogP contribution in [0.4, 0.5) is 0 Å². The van der Waals surface area contributed by atoms with Crippen LogP contribution < -0.4 is 11.1 Å². The molecule has 0 spiro atoms. The Morgan fingerprint density at radius 1 is 0.614 bits per heavy atom. The number of nitrogens with zero attached hydrogens (tertiary/aromatic N) is 4. The summed E-state index contributed by atoms with van der Waals surface area (Å²) in [6, 6.07) is 26.5. The van der Waals surface area contributed by atoms with Gasteiger partial charge in [0, 0.05) is 36.7 Å². The summed E-state index contributed by atoms with van der Waals surface area (Å²) >= 11 is 2.99. The predicted molar refractivity (Wildman–Crippen MR) is 179 cm³/mol. The average molecular weight is 619 g/mol. The maximum absolute atomic E-state index is 13.2. The highest BCUT2D eigenvalue weighted by Gasteiger charge is 2.14. The second-order valence-corrected chi connectivity index (χ2v) is 12.6. The fraction of sp³-hybridized carbons (Fsp3) is 0.171. The summed E-state index contributed by atoms with van der Waals surface area (Å²) in [7, 11) is 3.50. The summed E-state index contributed by atoms with van der Waals surface area (Å²) in [5.41, 5.74) is 6.42. The Kier molecular flexibility index (Phi) is 8.25. The summed E-state index contributed by atoms with van der Waals surface area (Å²) in [6.07, 6.45) is 0. The van der Waals surface area contributed by atoms with Crippen molar-refractivity contribution < 1.29 is 4.79 Å². The van der Waals surface area contributed by atoms with Crippen LogP contribution in [0.5, 0.6) is 0 Å². The highest BCUT2D eigenvalue weighted by molar-refractivity contribution is 7.98. The van der Waals surface area contributed by atoms with Crippen LogP contribution in [0.1, 0.15) is 38.2 Å². The Hall–Kier alpha value is -4.47. The number of rotatable bonds is 8. The van der Waals surface area contributed by atoms with Crippen LogP contribution in [0, 0.1) is 13.8 Å². The van der Waals surface area contributed by atoms with Gasteiger partial charge in [-0.3, -0.25) is 23.5 Å². The molecule has 0 fully saturated rings. The maximum atomic E-state index is 13.2. The lowest BCUT2D eigenvalue weighted by Gasteiger charge is -2.10. The molecule has 4 aromatic carbocycles. The van der Waals surface area contributed by atoms with Crippen LogP contribution in [0.2, 0.25) is 0 Å². The van der Waals surface area contributed by atoms with Gasteiger partial charge >= 0.3 is 0 Å². The third-order valence-electron chi connectivity index (χ3n) is 7.71. The molecule has 0 unspecified atom stereocenters. The minimum Gasteiger partial charge on any atom is -0.290 e. The van der Waals surface area contributed by atoms with Crippen LogP contribution in [-0.2, 0) is 25.6 Å². The van der Waals surface area contributed by atoms with Crippen molar-refractivity contribution in [2.24, 2.45) is 14.1 Å². The van der Waals surface area contributed by atoms with E-state index in [0.717, 1.165) is 22.3 Å². The molecule has 0 bridgehead atoms. The van der Waals surface area contributed by atoms with Crippen molar-refractivity contribution in [1.29, 1.82) is 0 Å². The average Bonchev–Trinajstić information content (AvgIpc) is 3.03. The molecule has 2 aromatic heterocycles. The lowest BCUT2D eigenvalue weighted by atomic mass is 10.0. The number of hydrogen-bond acceptors (Lipinski definition) is 7. The highest BCUT2D eigenvalue weighted by atomic mass is 32.2. The predicted octanol–water partition coefficient (Wildman–Crippen LogP) is 6.61. The number of fused-ring (bicyclic) bond motifs is 2. The minimum atomic E-state index is -0.0497. The molecule has 44 heavy (non-hydrogen) atoms. The zero-order valence-electron chi connectivity index (χ0n) is 24.8. The molecule has 0 atom stereocenters. The first-order valence-electron chi connectivity index (χ1n) is 14.1. The number of thioether (sulfide) groups is 2. The maximum Gasteiger partial charge on any atom is 0.262 e. The Labute approximate surface area is 263 Å². The van der Waals surface area contributed by atoms with Crippen LogP contribution >= 0.6 is 23.5 Å². The van der Waals surface area contributed by atoms with E-state index >= 15 is 0 Å². The van der Waals surface area contributed by atoms with Crippen molar-refractivity contribution in [3.63, 3.8) is 0 Å². The Balaban J connectivity index is 1.10. The Bertz CT molecular complexity index is 2020. The van der Waals surface area contributed by atoms with E-state index in [9.17, 15) is 14.4 Å². The molecule has 0 saturated heterocycles. The quantitative estimate of drug-likeness (QED) is 0.108. The van der Waals surface area contributed by atoms with Gasteiger partial charge in [0.25, 0.3) is 11.1 Å². The van der Waals surface area contributed by atoms with Crippen molar-refractivity contribution in [1.82, 2.24) is 19.1 Å². The van der Waals surface area contributed by atoms with Gasteiger partial charge < -0.3 is 0 Å². The number of aryl methyl sites for hydroxylation is 2. The van der Waals surface area contributed by atoms with Gasteiger partial charge in [-0.05, 0) is 48.2 Å². The third kappa shape index (κ3) is 5.73. The molecule has 0 N–H and O–H groups in total. The SMILES string of the molecule is Cc1cccc2nc(SCc3ccc(C(=O)c4ccc(CSc5nc6cccc(C)c6c(=O)n5C)cc4)cc3)n(C)c(=O)c12. The van der Waals surface area contributed by atoms with E-state index in [1.807, 2.05) is 98.8 Å². The molecule has 0 aliphatic heterocycles. The van der Waals surface area contributed by atoms with Gasteiger partial charge in [0.05, 0.1) is 21.8 Å². The van der Waals surface area contributed by atoms with Crippen molar-refractivity contribution >= 4 is 51.1 Å². The number of carbonyl (C=O) groups excluding carboxylic acids is 1. The molecular formula is C35H30N4O3S2. The van der Waals surface area contributed by atoms with E-state index < -0.39 is 0 Å². The molecule has 9 heteroatoms. The topological polar surface area (TPSA) is 86.8 Å². The molecule has 0 aliphatic carbocycles. The normalized spacial score (nSPS) is 11.4. The van der Waals surface area contributed by atoms with Gasteiger partial charge in [-0.2, -0.15) is 0 Å². The lowest BCUT2D eigenvalue weighted by Crippen LogP contribution is -2.20. The summed E-state index contributed by atoms with van der Waals surface area (Å²) in [4.78, 5) is 48.4. The summed E-state index contributed by atoms with van der Waals surface area (Å²) < 4.78 is 3.20. The zero-order chi connectivity index (χ0) is 31.0. The van der Waals surface area contributed by atoms with E-state index in [1.165, 1.54) is 23.5 Å². The van der Waals surface area contributed by atoms with Gasteiger partial charge in [0.1, 0.15) is 0 Å². The van der Waals surface area contributed by atoms with Crippen molar-refractivity contribution in [3.8, 4) is 0 Å². The second kappa shape index (κ2) is 12.3. The monoisotopic (exact) mass is 618 g/mol. The Morgan fingerprint density at radius 2 is 1.00 bits per heavy atom. The number of hydrogen-bond donors (Lipinski definition) is 0. The van der Waals surface area contributed by atoms with Crippen molar-refractivity contribution in [2.75, 3.05) is 0 Å². The standard InChI is InChI=1S/C35H30N4O3S2/c1-21-7-5-9-27-29(21)32(41)38(3)34(36-27)43-19-23-11-15-25(16-12-23)31(40)26-17-13-24(14-18-26)20-44-35-37-28-10-6-8-22(2)30(28)33(42)39(35)4/h5-18H,19-20H2,1-4H3. The Morgan fingerprint density at radius 3 is 1.39 bits per heavy atom. The molecule has 0 aliphatic rings. The minimum absolute atomic E-state index is 0.0489. The van der Waals surface area contributed by atoms with Crippen molar-refractivity contribution in [2.45, 2.75) is 35.7 Å². The smallest absolute Gasteiger partial charge is 0.262 e. The van der Waals surface area contributed by atoms with E-state index in [1.54, 1.807) is 23.2 Å². The fourth-order valence-corrected chi connectivity index (χ4v) is 6.99. The molecule has 220 valence electrons. The summed E-state index contributed by atoms with van der Waals surface area (Å²) in [5.74, 6) is 1.19. The van der Waals surface area contributed by atoms with Crippen LogP contribution in [-0.4, -0.2) is 24.9 Å². The van der Waals surface area contributed by atoms with E-state index in [0.29, 0.717) is 54.8 Å². The number of aromatic nitrogens is 4. The first-order valence-corrected chi connectivity index (χ1v) is 16.1. The number of ketones is 1. The largest absolute Gasteiger partial charge is 0.290 e. The summed E-state index contributed by atoms with van der Waals surface area (Å²) in [5, 5.41) is 2.61. The van der Waals surface area contributed by atoms with Gasteiger partial charge in [0.2, 0.25) is 0 Å². The lowest BCUT2D eigenvalue weighted by molar-refractivity contribution is 0.103. The first-order chi connectivity index (χ1) is 21.2. The van der Waals surface area contributed by atoms with E-state index in [4.69, 9.17) is 9.97 Å². The van der Waals surface area contributed by atoms with E-state index in [-0.39, 0.29) is 16.9 Å². The number of benzene rings is 4. The van der Waals surface area contributed by atoms with Gasteiger partial charge in [-0.15, -0.1) is 0 Å². The molecule has 0 saturated carbocycles. The van der Waals surface area contributed by atoms with Crippen LogP contribution in [0.3, 0.4) is 0 Å².